The summed E-state index contributed by atoms with van der Waals surface area (Å²) in [6.45, 7) is 8.27. The fourth-order valence-electron chi connectivity index (χ4n) is 1.92. The highest BCUT2D eigenvalue weighted by Crippen LogP contribution is 2.30. The van der Waals surface area contributed by atoms with Gasteiger partial charge in [-0.3, -0.25) is 0 Å². The molecule has 2 rings (SSSR count). The van der Waals surface area contributed by atoms with Crippen LogP contribution in [0.2, 0.25) is 0 Å². The van der Waals surface area contributed by atoms with E-state index in [1.165, 1.54) is 0 Å². The Hall–Kier alpha value is -1.62. The van der Waals surface area contributed by atoms with Crippen molar-refractivity contribution in [1.29, 1.82) is 0 Å². The van der Waals surface area contributed by atoms with E-state index in [2.05, 4.69) is 18.8 Å². The van der Waals surface area contributed by atoms with Crippen LogP contribution in [0.15, 0.2) is 15.9 Å². The maximum Gasteiger partial charge on any atom is 0.376 e. The van der Waals surface area contributed by atoms with Crippen LogP contribution in [0.1, 0.15) is 42.6 Å². The minimum absolute atomic E-state index is 0.239. The maximum atomic E-state index is 12.0. The normalized spacial score (nSPS) is 11.1. The van der Waals surface area contributed by atoms with Gasteiger partial charge in [0.25, 0.3) is 0 Å². The molecule has 0 N–H and O–H groups in total. The summed E-state index contributed by atoms with van der Waals surface area (Å²) in [5.41, 5.74) is 1.78. The van der Waals surface area contributed by atoms with Gasteiger partial charge in [0.15, 0.2) is 0 Å². The topological polar surface area (TPSA) is 52.3 Å². The monoisotopic (exact) mass is 293 g/mol. The van der Waals surface area contributed by atoms with Crippen molar-refractivity contribution >= 4 is 17.3 Å². The van der Waals surface area contributed by atoms with E-state index < -0.39 is 5.97 Å². The molecule has 0 bridgehead atoms. The van der Waals surface area contributed by atoms with Crippen LogP contribution in [-0.4, -0.2) is 17.6 Å². The lowest BCUT2D eigenvalue weighted by Gasteiger charge is -2.02. The Bertz CT molecular complexity index is 598. The number of nitrogens with zero attached hydrogens (tertiary/aromatic N) is 1. The van der Waals surface area contributed by atoms with Crippen LogP contribution in [0.5, 0.6) is 0 Å². The van der Waals surface area contributed by atoms with Gasteiger partial charge in [-0.05, 0) is 43.2 Å². The van der Waals surface area contributed by atoms with Crippen LogP contribution in [0, 0.1) is 12.8 Å². The third kappa shape index (κ3) is 3.10. The quantitative estimate of drug-likeness (QED) is 0.779. The molecule has 0 aliphatic carbocycles. The summed E-state index contributed by atoms with van der Waals surface area (Å²) in [6.07, 6.45) is 0.696. The molecule has 0 fully saturated rings. The van der Waals surface area contributed by atoms with Crippen molar-refractivity contribution in [3.8, 4) is 10.8 Å². The van der Waals surface area contributed by atoms with Crippen molar-refractivity contribution in [3.05, 3.63) is 28.5 Å². The molecule has 0 saturated carbocycles. The summed E-state index contributed by atoms with van der Waals surface area (Å²) in [4.78, 5) is 17.4. The number of carbonyl (C=O) groups excluding carboxylic acids is 1. The number of oxazole rings is 1. The Balaban J connectivity index is 2.41. The molecule has 0 radical (unpaired) electrons. The van der Waals surface area contributed by atoms with Gasteiger partial charge >= 0.3 is 5.97 Å². The first-order valence-electron chi connectivity index (χ1n) is 6.74. The number of esters is 1. The summed E-state index contributed by atoms with van der Waals surface area (Å²) in [5.74, 6) is 0.709. The van der Waals surface area contributed by atoms with Crippen molar-refractivity contribution < 1.29 is 13.9 Å². The Morgan fingerprint density at radius 2 is 2.25 bits per heavy atom. The van der Waals surface area contributed by atoms with Gasteiger partial charge in [0.05, 0.1) is 17.2 Å². The van der Waals surface area contributed by atoms with Gasteiger partial charge in [0.2, 0.25) is 11.7 Å². The number of ether oxygens (including phenoxy) is 1. The predicted molar refractivity (Wildman–Crippen MR) is 79.1 cm³/mol. The van der Waals surface area contributed by atoms with E-state index in [-0.39, 0.29) is 5.76 Å². The molecule has 0 aliphatic rings. The van der Waals surface area contributed by atoms with Crippen LogP contribution in [0.4, 0.5) is 0 Å². The van der Waals surface area contributed by atoms with Gasteiger partial charge in [0, 0.05) is 0 Å². The molecule has 0 unspecified atom stereocenters. The second-order valence-electron chi connectivity index (χ2n) is 5.05. The minimum atomic E-state index is -0.434. The molecular formula is C15H19NO3S. The summed E-state index contributed by atoms with van der Waals surface area (Å²) >= 11 is 1.56. The highest BCUT2D eigenvalue weighted by atomic mass is 32.1. The minimum Gasteiger partial charge on any atom is -0.460 e. The molecule has 2 aromatic heterocycles. The Labute approximate surface area is 122 Å². The number of rotatable bonds is 5. The number of thiophene rings is 1. The van der Waals surface area contributed by atoms with Crippen molar-refractivity contribution in [1.82, 2.24) is 4.98 Å². The van der Waals surface area contributed by atoms with Crippen molar-refractivity contribution in [2.24, 2.45) is 5.92 Å². The summed E-state index contributed by atoms with van der Waals surface area (Å²) < 4.78 is 10.7. The zero-order valence-electron chi connectivity index (χ0n) is 12.2. The van der Waals surface area contributed by atoms with E-state index in [9.17, 15) is 4.79 Å². The molecule has 108 valence electrons. The Morgan fingerprint density at radius 1 is 1.50 bits per heavy atom. The average Bonchev–Trinajstić information content (AvgIpc) is 2.95. The zero-order chi connectivity index (χ0) is 14.7. The van der Waals surface area contributed by atoms with E-state index in [1.54, 1.807) is 18.3 Å². The number of hydrogen-bond acceptors (Lipinski definition) is 5. The third-order valence-electron chi connectivity index (χ3n) is 2.82. The Kier molecular flexibility index (Phi) is 4.60. The smallest absolute Gasteiger partial charge is 0.376 e. The second kappa shape index (κ2) is 6.22. The maximum absolute atomic E-state index is 12.0. The van der Waals surface area contributed by atoms with Crippen molar-refractivity contribution in [2.75, 3.05) is 6.61 Å². The molecule has 0 amide bonds. The molecule has 20 heavy (non-hydrogen) atoms. The van der Waals surface area contributed by atoms with Crippen LogP contribution < -0.4 is 0 Å². The van der Waals surface area contributed by atoms with Crippen LogP contribution in [0.3, 0.4) is 0 Å². The van der Waals surface area contributed by atoms with Gasteiger partial charge in [-0.2, -0.15) is 0 Å². The van der Waals surface area contributed by atoms with Crippen molar-refractivity contribution in [2.45, 2.75) is 34.1 Å². The fraction of sp³-hybridized carbons (Fsp3) is 0.467. The highest BCUT2D eigenvalue weighted by Gasteiger charge is 2.23. The molecule has 5 heteroatoms. The molecule has 4 nitrogen and oxygen atoms in total. The van der Waals surface area contributed by atoms with Crippen molar-refractivity contribution in [3.63, 3.8) is 0 Å². The van der Waals surface area contributed by atoms with Gasteiger partial charge in [-0.15, -0.1) is 11.3 Å². The van der Waals surface area contributed by atoms with E-state index in [1.807, 2.05) is 18.4 Å². The van der Waals surface area contributed by atoms with Crippen LogP contribution in [0.25, 0.3) is 10.8 Å². The highest BCUT2D eigenvalue weighted by molar-refractivity contribution is 7.13. The molecule has 2 aromatic rings. The van der Waals surface area contributed by atoms with E-state index >= 15 is 0 Å². The lowest BCUT2D eigenvalue weighted by atomic mass is 10.1. The number of aromatic nitrogens is 1. The SMILES string of the molecule is CCOC(=O)c1oc(-c2sccc2C)nc1CC(C)C. The molecule has 0 aliphatic heterocycles. The first-order chi connectivity index (χ1) is 9.52. The zero-order valence-corrected chi connectivity index (χ0v) is 13.0. The predicted octanol–water partition coefficient (Wildman–Crippen LogP) is 4.09. The summed E-state index contributed by atoms with van der Waals surface area (Å²) in [5, 5.41) is 1.99. The standard InChI is InChI=1S/C15H19NO3S/c1-5-18-15(17)12-11(8-9(2)3)16-14(19-12)13-10(4)6-7-20-13/h6-7,9H,5,8H2,1-4H3. The van der Waals surface area contributed by atoms with Crippen LogP contribution in [-0.2, 0) is 11.2 Å². The molecule has 2 heterocycles. The molecule has 0 atom stereocenters. The van der Waals surface area contributed by atoms with Gasteiger partial charge < -0.3 is 9.15 Å². The molecular weight excluding hydrogens is 274 g/mol. The van der Waals surface area contributed by atoms with Gasteiger partial charge in [-0.25, -0.2) is 9.78 Å². The first-order valence-corrected chi connectivity index (χ1v) is 7.62. The number of aryl methyl sites for hydroxylation is 1. The number of carbonyl (C=O) groups is 1. The lowest BCUT2D eigenvalue weighted by Crippen LogP contribution is -2.08. The lowest BCUT2D eigenvalue weighted by molar-refractivity contribution is 0.0489. The van der Waals surface area contributed by atoms with E-state index in [4.69, 9.17) is 9.15 Å². The summed E-state index contributed by atoms with van der Waals surface area (Å²) in [7, 11) is 0. The van der Waals surface area contributed by atoms with E-state index in [0.717, 1.165) is 10.4 Å². The Morgan fingerprint density at radius 3 is 2.80 bits per heavy atom. The van der Waals surface area contributed by atoms with Gasteiger partial charge in [0.1, 0.15) is 0 Å². The first kappa shape index (κ1) is 14.8. The molecule has 0 saturated heterocycles. The second-order valence-corrected chi connectivity index (χ2v) is 5.96. The van der Waals surface area contributed by atoms with E-state index in [0.29, 0.717) is 30.5 Å². The van der Waals surface area contributed by atoms with Crippen LogP contribution >= 0.6 is 11.3 Å². The number of hydrogen-bond donors (Lipinski definition) is 0. The molecule has 0 spiro atoms. The third-order valence-corrected chi connectivity index (χ3v) is 3.82. The average molecular weight is 293 g/mol. The molecule has 0 aromatic carbocycles. The van der Waals surface area contributed by atoms with Gasteiger partial charge in [-0.1, -0.05) is 13.8 Å². The summed E-state index contributed by atoms with van der Waals surface area (Å²) in [6, 6.07) is 2.01. The fourth-order valence-corrected chi connectivity index (χ4v) is 2.77. The largest absolute Gasteiger partial charge is 0.460 e.